The van der Waals surface area contributed by atoms with Crippen molar-refractivity contribution in [3.05, 3.63) is 0 Å². The number of guanidine groups is 1. The number of carbonyl (C=O) groups is 1. The number of piperidine rings is 1. The molecule has 1 saturated heterocycles. The van der Waals surface area contributed by atoms with E-state index in [2.05, 4.69) is 22.5 Å². The van der Waals surface area contributed by atoms with Crippen LogP contribution in [0.15, 0.2) is 4.99 Å². The normalized spacial score (nSPS) is 15.8. The molecule has 0 radical (unpaired) electrons. The molecule has 1 aliphatic rings. The van der Waals surface area contributed by atoms with Crippen LogP contribution in [0.2, 0.25) is 0 Å². The molecular weight excluding hydrogens is 471 g/mol. The van der Waals surface area contributed by atoms with Gasteiger partial charge in [-0.15, -0.1) is 24.0 Å². The molecule has 0 bridgehead atoms. The van der Waals surface area contributed by atoms with E-state index in [1.54, 1.807) is 7.05 Å². The molecular formula is C20H41IN4O3. The van der Waals surface area contributed by atoms with Gasteiger partial charge in [-0.05, 0) is 52.4 Å². The van der Waals surface area contributed by atoms with Crippen LogP contribution in [0.4, 0.5) is 4.79 Å². The zero-order chi connectivity index (χ0) is 20.1. The van der Waals surface area contributed by atoms with Crippen LogP contribution in [-0.2, 0) is 9.47 Å². The molecule has 0 spiro atoms. The zero-order valence-corrected chi connectivity index (χ0v) is 20.7. The van der Waals surface area contributed by atoms with Gasteiger partial charge < -0.3 is 25.0 Å². The van der Waals surface area contributed by atoms with Crippen LogP contribution in [0, 0.1) is 5.92 Å². The van der Waals surface area contributed by atoms with Gasteiger partial charge in [-0.25, -0.2) is 4.79 Å². The lowest BCUT2D eigenvalue weighted by molar-refractivity contribution is 0.0185. The summed E-state index contributed by atoms with van der Waals surface area (Å²) in [5.74, 6) is 1.37. The summed E-state index contributed by atoms with van der Waals surface area (Å²) < 4.78 is 11.0. The topological polar surface area (TPSA) is 75.2 Å². The highest BCUT2D eigenvalue weighted by molar-refractivity contribution is 14.0. The van der Waals surface area contributed by atoms with Gasteiger partial charge in [-0.1, -0.05) is 13.3 Å². The number of ether oxygens (including phenoxy) is 2. The molecule has 8 heteroatoms. The fourth-order valence-electron chi connectivity index (χ4n) is 2.84. The second-order valence-corrected chi connectivity index (χ2v) is 8.11. The average Bonchev–Trinajstić information content (AvgIpc) is 2.62. The minimum atomic E-state index is -0.436. The summed E-state index contributed by atoms with van der Waals surface area (Å²) in [6.07, 6.45) is 5.03. The summed E-state index contributed by atoms with van der Waals surface area (Å²) in [6.45, 7) is 12.7. The van der Waals surface area contributed by atoms with Gasteiger partial charge >= 0.3 is 6.09 Å². The molecule has 1 rings (SSSR count). The lowest BCUT2D eigenvalue weighted by Gasteiger charge is -2.33. The third-order valence-corrected chi connectivity index (χ3v) is 4.45. The van der Waals surface area contributed by atoms with E-state index >= 15 is 0 Å². The van der Waals surface area contributed by atoms with Gasteiger partial charge in [0.15, 0.2) is 5.96 Å². The molecule has 0 aliphatic carbocycles. The van der Waals surface area contributed by atoms with E-state index in [1.807, 2.05) is 25.7 Å². The van der Waals surface area contributed by atoms with Crippen LogP contribution >= 0.6 is 24.0 Å². The molecule has 166 valence electrons. The average molecular weight is 512 g/mol. The summed E-state index contributed by atoms with van der Waals surface area (Å²) in [7, 11) is 1.79. The molecule has 0 saturated carbocycles. The second-order valence-electron chi connectivity index (χ2n) is 8.11. The van der Waals surface area contributed by atoms with Gasteiger partial charge in [0.05, 0.1) is 0 Å². The number of hydrogen-bond acceptors (Lipinski definition) is 4. The summed E-state index contributed by atoms with van der Waals surface area (Å²) in [6, 6.07) is 0. The number of hydrogen-bond donors (Lipinski definition) is 2. The number of halogens is 1. The number of unbranched alkanes of at least 4 members (excludes halogenated alkanes) is 1. The Morgan fingerprint density at radius 1 is 1.14 bits per heavy atom. The standard InChI is InChI=1S/C20H40N4O3.HI/c1-6-7-14-26-15-8-11-22-18(21-5)23-16-17-9-12-24(13-10-17)19(25)27-20(2,3)4;/h17H,6-16H2,1-5H3,(H2,21,22,23);1H. The second kappa shape index (κ2) is 15.1. The largest absolute Gasteiger partial charge is 0.444 e. The molecule has 0 unspecified atom stereocenters. The molecule has 0 aromatic heterocycles. The van der Waals surface area contributed by atoms with Crippen LogP contribution in [0.3, 0.4) is 0 Å². The van der Waals surface area contributed by atoms with Crippen molar-refractivity contribution in [3.8, 4) is 0 Å². The Hall–Kier alpha value is -0.770. The van der Waals surface area contributed by atoms with E-state index in [-0.39, 0.29) is 30.1 Å². The highest BCUT2D eigenvalue weighted by Crippen LogP contribution is 2.19. The Morgan fingerprint density at radius 2 is 1.79 bits per heavy atom. The first-order valence-corrected chi connectivity index (χ1v) is 10.4. The molecule has 0 aromatic rings. The summed E-state index contributed by atoms with van der Waals surface area (Å²) >= 11 is 0. The number of amides is 1. The Morgan fingerprint density at radius 3 is 2.36 bits per heavy atom. The van der Waals surface area contributed by atoms with Crippen LogP contribution in [0.1, 0.15) is 59.8 Å². The molecule has 0 aromatic carbocycles. The number of nitrogens with one attached hydrogen (secondary N) is 2. The highest BCUT2D eigenvalue weighted by atomic mass is 127. The van der Waals surface area contributed by atoms with Gasteiger partial charge in [0, 0.05) is 46.4 Å². The minimum Gasteiger partial charge on any atom is -0.444 e. The first-order chi connectivity index (χ1) is 12.9. The number of likely N-dealkylation sites (tertiary alicyclic amines) is 1. The van der Waals surface area contributed by atoms with E-state index in [4.69, 9.17) is 9.47 Å². The predicted molar refractivity (Wildman–Crippen MR) is 126 cm³/mol. The first-order valence-electron chi connectivity index (χ1n) is 10.4. The van der Waals surface area contributed by atoms with Crippen molar-refractivity contribution in [3.63, 3.8) is 0 Å². The van der Waals surface area contributed by atoms with E-state index in [9.17, 15) is 4.79 Å². The Balaban J connectivity index is 0.00000729. The quantitative estimate of drug-likeness (QED) is 0.214. The van der Waals surface area contributed by atoms with E-state index in [1.165, 1.54) is 6.42 Å². The summed E-state index contributed by atoms with van der Waals surface area (Å²) in [4.78, 5) is 18.2. The van der Waals surface area contributed by atoms with E-state index in [0.29, 0.717) is 5.92 Å². The molecule has 1 fully saturated rings. The SMILES string of the molecule is CCCCOCCCNC(=NC)NCC1CCN(C(=O)OC(C)(C)C)CC1.I. The van der Waals surface area contributed by atoms with Crippen LogP contribution < -0.4 is 10.6 Å². The maximum absolute atomic E-state index is 12.1. The summed E-state index contributed by atoms with van der Waals surface area (Å²) in [5, 5.41) is 6.72. The Bertz CT molecular complexity index is 447. The highest BCUT2D eigenvalue weighted by Gasteiger charge is 2.26. The smallest absolute Gasteiger partial charge is 0.410 e. The Kier molecular flexibility index (Phi) is 14.7. The molecule has 1 aliphatic heterocycles. The van der Waals surface area contributed by atoms with E-state index < -0.39 is 5.60 Å². The third kappa shape index (κ3) is 12.6. The fourth-order valence-corrected chi connectivity index (χ4v) is 2.84. The molecule has 1 amide bonds. The third-order valence-electron chi connectivity index (χ3n) is 4.45. The number of nitrogens with zero attached hydrogens (tertiary/aromatic N) is 2. The number of aliphatic imine (C=N–C) groups is 1. The summed E-state index contributed by atoms with van der Waals surface area (Å²) in [5.41, 5.74) is -0.436. The maximum Gasteiger partial charge on any atom is 0.410 e. The maximum atomic E-state index is 12.1. The zero-order valence-electron chi connectivity index (χ0n) is 18.4. The van der Waals surface area contributed by atoms with Gasteiger partial charge in [-0.2, -0.15) is 0 Å². The van der Waals surface area contributed by atoms with Gasteiger partial charge in [0.1, 0.15) is 5.60 Å². The Labute approximate surface area is 188 Å². The predicted octanol–water partition coefficient (Wildman–Crippen LogP) is 3.62. The monoisotopic (exact) mass is 512 g/mol. The van der Waals surface area contributed by atoms with Crippen molar-refractivity contribution >= 4 is 36.0 Å². The van der Waals surface area contributed by atoms with Crippen LogP contribution in [0.25, 0.3) is 0 Å². The minimum absolute atomic E-state index is 0. The van der Waals surface area contributed by atoms with Crippen LogP contribution in [-0.4, -0.2) is 69.0 Å². The fraction of sp³-hybridized carbons (Fsp3) is 0.900. The van der Waals surface area contributed by atoms with Gasteiger partial charge in [0.25, 0.3) is 0 Å². The van der Waals surface area contributed by atoms with Gasteiger partial charge in [-0.3, -0.25) is 4.99 Å². The number of carbonyl (C=O) groups excluding carboxylic acids is 1. The number of rotatable bonds is 9. The lowest BCUT2D eigenvalue weighted by Crippen LogP contribution is -2.45. The lowest BCUT2D eigenvalue weighted by atomic mass is 9.97. The van der Waals surface area contributed by atoms with Crippen molar-refractivity contribution < 1.29 is 14.3 Å². The van der Waals surface area contributed by atoms with Crippen LogP contribution in [0.5, 0.6) is 0 Å². The van der Waals surface area contributed by atoms with Gasteiger partial charge in [0.2, 0.25) is 0 Å². The first kappa shape index (κ1) is 27.2. The van der Waals surface area contributed by atoms with Crippen molar-refractivity contribution in [1.29, 1.82) is 0 Å². The van der Waals surface area contributed by atoms with Crippen molar-refractivity contribution in [2.75, 3.05) is 46.4 Å². The molecule has 0 atom stereocenters. The molecule has 2 N–H and O–H groups in total. The molecule has 1 heterocycles. The van der Waals surface area contributed by atoms with E-state index in [0.717, 1.165) is 71.0 Å². The van der Waals surface area contributed by atoms with Crippen molar-refractivity contribution in [2.45, 2.75) is 65.4 Å². The molecule has 7 nitrogen and oxygen atoms in total. The van der Waals surface area contributed by atoms with Crippen molar-refractivity contribution in [2.24, 2.45) is 10.9 Å². The van der Waals surface area contributed by atoms with Crippen molar-refractivity contribution in [1.82, 2.24) is 15.5 Å². The molecule has 28 heavy (non-hydrogen) atoms.